The Morgan fingerprint density at radius 2 is 2.47 bits per heavy atom. The molecule has 106 valence electrons. The molecule has 2 rings (SSSR count). The number of thioether (sulfide) groups is 1. The van der Waals surface area contributed by atoms with Crippen molar-refractivity contribution < 1.29 is 9.53 Å². The van der Waals surface area contributed by atoms with Crippen LogP contribution in [-0.2, 0) is 9.53 Å². The van der Waals surface area contributed by atoms with E-state index < -0.39 is 5.54 Å². The summed E-state index contributed by atoms with van der Waals surface area (Å²) in [5.74, 6) is 0.615. The summed E-state index contributed by atoms with van der Waals surface area (Å²) in [6.07, 6.45) is 4.47. The van der Waals surface area contributed by atoms with Crippen molar-refractivity contribution in [2.24, 2.45) is 0 Å². The Kier molecular flexibility index (Phi) is 4.81. The van der Waals surface area contributed by atoms with E-state index >= 15 is 0 Å². The first-order valence-corrected chi connectivity index (χ1v) is 7.55. The van der Waals surface area contributed by atoms with Crippen LogP contribution in [0.25, 0.3) is 0 Å². The predicted octanol–water partition coefficient (Wildman–Crippen LogP) is 1.36. The number of H-pyrrole nitrogens is 1. The molecule has 0 bridgehead atoms. The number of ether oxygens (including phenoxy) is 1. The van der Waals surface area contributed by atoms with E-state index in [1.807, 2.05) is 13.8 Å². The van der Waals surface area contributed by atoms with Gasteiger partial charge in [0, 0.05) is 11.8 Å². The zero-order valence-corrected chi connectivity index (χ0v) is 12.1. The fourth-order valence-corrected chi connectivity index (χ4v) is 2.76. The molecule has 1 aliphatic carbocycles. The van der Waals surface area contributed by atoms with Gasteiger partial charge in [-0.3, -0.25) is 15.2 Å². The topological polar surface area (TPSA) is 79.9 Å². The van der Waals surface area contributed by atoms with Crippen molar-refractivity contribution in [3.63, 3.8) is 0 Å². The zero-order valence-electron chi connectivity index (χ0n) is 11.3. The first kappa shape index (κ1) is 14.3. The van der Waals surface area contributed by atoms with Crippen molar-refractivity contribution in [2.75, 3.05) is 12.4 Å². The van der Waals surface area contributed by atoms with Crippen LogP contribution < -0.4 is 5.32 Å². The first-order chi connectivity index (χ1) is 9.14. The monoisotopic (exact) mass is 284 g/mol. The summed E-state index contributed by atoms with van der Waals surface area (Å²) in [6, 6.07) is 0.463. The third kappa shape index (κ3) is 4.21. The molecule has 1 atom stereocenters. The predicted molar refractivity (Wildman–Crippen MR) is 72.9 cm³/mol. The Hall–Kier alpha value is -1.08. The van der Waals surface area contributed by atoms with E-state index in [4.69, 9.17) is 4.74 Å². The molecule has 0 amide bonds. The lowest BCUT2D eigenvalue weighted by Crippen LogP contribution is -2.52. The third-order valence-corrected chi connectivity index (χ3v) is 3.94. The van der Waals surface area contributed by atoms with Gasteiger partial charge in [0.1, 0.15) is 11.9 Å². The molecule has 0 aliphatic heterocycles. The number of hydrogen-bond donors (Lipinski definition) is 2. The molecule has 1 unspecified atom stereocenters. The summed E-state index contributed by atoms with van der Waals surface area (Å²) in [6.45, 7) is 4.17. The Balaban J connectivity index is 1.86. The molecule has 1 fully saturated rings. The number of nitrogens with one attached hydrogen (secondary N) is 2. The van der Waals surface area contributed by atoms with E-state index in [1.165, 1.54) is 6.33 Å². The molecule has 0 saturated heterocycles. The summed E-state index contributed by atoms with van der Waals surface area (Å²) in [5, 5.41) is 10.8. The van der Waals surface area contributed by atoms with Crippen LogP contribution >= 0.6 is 11.8 Å². The maximum Gasteiger partial charge on any atom is 0.326 e. The van der Waals surface area contributed by atoms with Crippen molar-refractivity contribution in [3.05, 3.63) is 6.33 Å². The minimum Gasteiger partial charge on any atom is -0.465 e. The lowest BCUT2D eigenvalue weighted by Gasteiger charge is -2.28. The van der Waals surface area contributed by atoms with Crippen molar-refractivity contribution >= 4 is 17.7 Å². The summed E-state index contributed by atoms with van der Waals surface area (Å²) in [4.78, 5) is 16.1. The number of carbonyl (C=O) groups excluding carboxylic acids is 1. The van der Waals surface area contributed by atoms with Crippen LogP contribution in [0.4, 0.5) is 0 Å². The Morgan fingerprint density at radius 3 is 3.05 bits per heavy atom. The van der Waals surface area contributed by atoms with E-state index in [2.05, 4.69) is 20.5 Å². The summed E-state index contributed by atoms with van der Waals surface area (Å²) in [7, 11) is 0. The van der Waals surface area contributed by atoms with Gasteiger partial charge in [-0.05, 0) is 33.1 Å². The highest BCUT2D eigenvalue weighted by molar-refractivity contribution is 7.99. The maximum absolute atomic E-state index is 12.1. The van der Waals surface area contributed by atoms with E-state index in [-0.39, 0.29) is 5.97 Å². The van der Waals surface area contributed by atoms with E-state index in [0.717, 1.165) is 23.8 Å². The average Bonchev–Trinajstić information content (AvgIpc) is 3.03. The highest BCUT2D eigenvalue weighted by Gasteiger charge is 2.39. The fraction of sp³-hybridized carbons (Fsp3) is 0.750. The van der Waals surface area contributed by atoms with Gasteiger partial charge in [-0.25, -0.2) is 4.98 Å². The second kappa shape index (κ2) is 6.38. The molecule has 1 aliphatic rings. The number of carbonyl (C=O) groups is 1. The maximum atomic E-state index is 12.1. The molecule has 1 heterocycles. The van der Waals surface area contributed by atoms with Crippen LogP contribution in [0.2, 0.25) is 0 Å². The molecule has 7 heteroatoms. The van der Waals surface area contributed by atoms with E-state index in [9.17, 15) is 4.79 Å². The van der Waals surface area contributed by atoms with Gasteiger partial charge in [0.05, 0.1) is 6.61 Å². The minimum atomic E-state index is -0.607. The lowest BCUT2D eigenvalue weighted by molar-refractivity contribution is -0.150. The molecule has 1 saturated carbocycles. The van der Waals surface area contributed by atoms with Gasteiger partial charge in [0.15, 0.2) is 5.16 Å². The fourth-order valence-electron chi connectivity index (χ4n) is 1.82. The Labute approximate surface area is 117 Å². The van der Waals surface area contributed by atoms with Crippen LogP contribution in [0.1, 0.15) is 33.1 Å². The molecule has 0 radical (unpaired) electrons. The zero-order chi connectivity index (χ0) is 13.7. The summed E-state index contributed by atoms with van der Waals surface area (Å²) >= 11 is 1.56. The van der Waals surface area contributed by atoms with Crippen molar-refractivity contribution in [1.29, 1.82) is 0 Å². The van der Waals surface area contributed by atoms with Crippen LogP contribution in [-0.4, -0.2) is 45.1 Å². The summed E-state index contributed by atoms with van der Waals surface area (Å²) < 4.78 is 5.18. The highest BCUT2D eigenvalue weighted by atomic mass is 32.2. The second-order valence-corrected chi connectivity index (χ2v) is 5.94. The molecule has 6 nitrogen and oxygen atoms in total. The van der Waals surface area contributed by atoms with Crippen LogP contribution in [0.3, 0.4) is 0 Å². The number of nitrogens with zero attached hydrogens (tertiary/aromatic N) is 2. The first-order valence-electron chi connectivity index (χ1n) is 6.57. The Morgan fingerprint density at radius 1 is 1.68 bits per heavy atom. The third-order valence-electron chi connectivity index (χ3n) is 3.06. The normalized spacial score (nSPS) is 18.0. The lowest BCUT2D eigenvalue weighted by atomic mass is 9.99. The average molecular weight is 284 g/mol. The molecule has 2 N–H and O–H groups in total. The van der Waals surface area contributed by atoms with Crippen molar-refractivity contribution in [2.45, 2.75) is 49.8 Å². The van der Waals surface area contributed by atoms with Gasteiger partial charge in [-0.2, -0.15) is 5.10 Å². The highest BCUT2D eigenvalue weighted by Crippen LogP contribution is 2.26. The summed E-state index contributed by atoms with van der Waals surface area (Å²) in [5.41, 5.74) is -0.607. The van der Waals surface area contributed by atoms with Gasteiger partial charge in [0.25, 0.3) is 0 Å². The van der Waals surface area contributed by atoms with Gasteiger partial charge >= 0.3 is 5.97 Å². The number of esters is 1. The van der Waals surface area contributed by atoms with E-state index in [1.54, 1.807) is 11.8 Å². The number of aromatic amines is 1. The van der Waals surface area contributed by atoms with E-state index in [0.29, 0.717) is 19.1 Å². The van der Waals surface area contributed by atoms with Gasteiger partial charge < -0.3 is 4.74 Å². The van der Waals surface area contributed by atoms with Gasteiger partial charge in [-0.15, -0.1) is 0 Å². The Bertz CT molecular complexity index is 408. The molecule has 19 heavy (non-hydrogen) atoms. The standard InChI is InChI=1S/C12H20N4O2S/c1-3-18-10(17)12(2,15-9-4-5-9)6-7-19-11-13-8-14-16-11/h8-9,15H,3-7H2,1-2H3,(H,13,14,16). The SMILES string of the molecule is CCOC(=O)C(C)(CCSc1ncn[nH]1)NC1CC1. The number of rotatable bonds is 8. The van der Waals surface area contributed by atoms with Crippen LogP contribution in [0.5, 0.6) is 0 Å². The smallest absolute Gasteiger partial charge is 0.326 e. The van der Waals surface area contributed by atoms with Crippen LogP contribution in [0, 0.1) is 0 Å². The molecule has 1 aromatic rings. The molecule has 0 aromatic carbocycles. The molecule has 1 aromatic heterocycles. The molecule has 0 spiro atoms. The molecular formula is C12H20N4O2S. The largest absolute Gasteiger partial charge is 0.465 e. The number of hydrogen-bond acceptors (Lipinski definition) is 6. The van der Waals surface area contributed by atoms with Crippen molar-refractivity contribution in [3.8, 4) is 0 Å². The van der Waals surface area contributed by atoms with Gasteiger partial charge in [-0.1, -0.05) is 11.8 Å². The number of aromatic nitrogens is 3. The van der Waals surface area contributed by atoms with Crippen molar-refractivity contribution in [1.82, 2.24) is 20.5 Å². The molecular weight excluding hydrogens is 264 g/mol. The minimum absolute atomic E-state index is 0.167. The second-order valence-electron chi connectivity index (χ2n) is 4.86. The van der Waals surface area contributed by atoms with Crippen LogP contribution in [0.15, 0.2) is 11.5 Å². The quantitative estimate of drug-likeness (QED) is 0.554. The van der Waals surface area contributed by atoms with Gasteiger partial charge in [0.2, 0.25) is 0 Å².